The zero-order valence-electron chi connectivity index (χ0n) is 16.2. The number of nitrogens with one attached hydrogen (secondary N) is 1. The summed E-state index contributed by atoms with van der Waals surface area (Å²) in [6.07, 6.45) is 3.12. The van der Waals surface area contributed by atoms with Gasteiger partial charge in [0.05, 0.1) is 12.8 Å². The SMILES string of the molecule is O=C(NCc1ccco1)N1CCC(N2CCN(Cc3ccc(F)cc3)C2=O)CC1. The Bertz CT molecular complexity index is 832. The van der Waals surface area contributed by atoms with Crippen LogP contribution in [-0.2, 0) is 13.1 Å². The van der Waals surface area contributed by atoms with Crippen LogP contribution in [0.3, 0.4) is 0 Å². The minimum atomic E-state index is -0.275. The van der Waals surface area contributed by atoms with E-state index in [1.165, 1.54) is 12.1 Å². The molecule has 0 aliphatic carbocycles. The van der Waals surface area contributed by atoms with Crippen molar-refractivity contribution < 1.29 is 18.4 Å². The Morgan fingerprint density at radius 2 is 1.86 bits per heavy atom. The molecule has 2 aromatic rings. The molecule has 2 fully saturated rings. The average Bonchev–Trinajstić information content (AvgIpc) is 3.38. The lowest BCUT2D eigenvalue weighted by molar-refractivity contribution is 0.134. The molecule has 8 heteroatoms. The Labute approximate surface area is 169 Å². The van der Waals surface area contributed by atoms with Crippen LogP contribution in [-0.4, -0.2) is 59.0 Å². The number of furan rings is 1. The molecule has 7 nitrogen and oxygen atoms in total. The number of carbonyl (C=O) groups excluding carboxylic acids is 2. The van der Waals surface area contributed by atoms with Crippen molar-refractivity contribution in [3.8, 4) is 0 Å². The van der Waals surface area contributed by atoms with Gasteiger partial charge in [0.2, 0.25) is 0 Å². The first-order valence-corrected chi connectivity index (χ1v) is 9.95. The molecule has 0 atom stereocenters. The third-order valence-electron chi connectivity index (χ3n) is 5.60. The lowest BCUT2D eigenvalue weighted by atomic mass is 10.0. The predicted octanol–water partition coefficient (Wildman–Crippen LogP) is 3.03. The van der Waals surface area contributed by atoms with Gasteiger partial charge < -0.3 is 24.4 Å². The number of likely N-dealkylation sites (tertiary alicyclic amines) is 1. The van der Waals surface area contributed by atoms with Crippen LogP contribution in [0.1, 0.15) is 24.2 Å². The Kier molecular flexibility index (Phi) is 5.69. The van der Waals surface area contributed by atoms with Gasteiger partial charge in [-0.1, -0.05) is 12.1 Å². The topological polar surface area (TPSA) is 69.0 Å². The Morgan fingerprint density at radius 3 is 2.55 bits per heavy atom. The van der Waals surface area contributed by atoms with Crippen molar-refractivity contribution in [3.05, 3.63) is 59.8 Å². The smallest absolute Gasteiger partial charge is 0.320 e. The lowest BCUT2D eigenvalue weighted by Crippen LogP contribution is -2.50. The molecule has 3 heterocycles. The summed E-state index contributed by atoms with van der Waals surface area (Å²) in [4.78, 5) is 30.6. The van der Waals surface area contributed by atoms with E-state index in [0.717, 1.165) is 24.2 Å². The maximum absolute atomic E-state index is 13.1. The van der Waals surface area contributed by atoms with Crippen LogP contribution < -0.4 is 5.32 Å². The first-order chi connectivity index (χ1) is 14.1. The van der Waals surface area contributed by atoms with Gasteiger partial charge in [0.25, 0.3) is 0 Å². The van der Waals surface area contributed by atoms with E-state index in [4.69, 9.17) is 4.42 Å². The van der Waals surface area contributed by atoms with Gasteiger partial charge in [0.15, 0.2) is 0 Å². The molecule has 29 heavy (non-hydrogen) atoms. The predicted molar refractivity (Wildman–Crippen MR) is 104 cm³/mol. The molecule has 1 aromatic heterocycles. The Hall–Kier alpha value is -3.03. The maximum Gasteiger partial charge on any atom is 0.320 e. The summed E-state index contributed by atoms with van der Waals surface area (Å²) < 4.78 is 18.3. The van der Waals surface area contributed by atoms with Crippen molar-refractivity contribution in [3.63, 3.8) is 0 Å². The number of hydrogen-bond acceptors (Lipinski definition) is 3. The van der Waals surface area contributed by atoms with Crippen LogP contribution in [0.25, 0.3) is 0 Å². The normalized spacial score (nSPS) is 17.8. The third-order valence-corrected chi connectivity index (χ3v) is 5.60. The van der Waals surface area contributed by atoms with E-state index >= 15 is 0 Å². The van der Waals surface area contributed by atoms with E-state index in [9.17, 15) is 14.0 Å². The number of rotatable bonds is 5. The summed E-state index contributed by atoms with van der Waals surface area (Å²) in [5.74, 6) is 0.445. The number of urea groups is 2. The van der Waals surface area contributed by atoms with Crippen molar-refractivity contribution in [1.29, 1.82) is 0 Å². The van der Waals surface area contributed by atoms with Crippen molar-refractivity contribution in [2.24, 2.45) is 0 Å². The summed E-state index contributed by atoms with van der Waals surface area (Å²) >= 11 is 0. The van der Waals surface area contributed by atoms with E-state index in [0.29, 0.717) is 39.3 Å². The van der Waals surface area contributed by atoms with E-state index in [-0.39, 0.29) is 23.9 Å². The van der Waals surface area contributed by atoms with E-state index in [2.05, 4.69) is 5.32 Å². The van der Waals surface area contributed by atoms with Gasteiger partial charge in [0, 0.05) is 38.8 Å². The summed E-state index contributed by atoms with van der Waals surface area (Å²) in [5.41, 5.74) is 0.921. The minimum Gasteiger partial charge on any atom is -0.467 e. The number of carbonyl (C=O) groups is 2. The van der Waals surface area contributed by atoms with E-state index < -0.39 is 0 Å². The molecule has 4 rings (SSSR count). The molecule has 2 aliphatic rings. The zero-order chi connectivity index (χ0) is 20.2. The summed E-state index contributed by atoms with van der Waals surface area (Å²) in [6, 6.07) is 9.94. The first-order valence-electron chi connectivity index (χ1n) is 9.95. The second-order valence-electron chi connectivity index (χ2n) is 7.48. The van der Waals surface area contributed by atoms with Gasteiger partial charge in [-0.2, -0.15) is 0 Å². The molecule has 0 spiro atoms. The van der Waals surface area contributed by atoms with E-state index in [1.54, 1.807) is 34.3 Å². The van der Waals surface area contributed by atoms with Gasteiger partial charge >= 0.3 is 12.1 Å². The summed E-state index contributed by atoms with van der Waals surface area (Å²) in [7, 11) is 0. The highest BCUT2D eigenvalue weighted by atomic mass is 19.1. The molecular weight excluding hydrogens is 375 g/mol. The van der Waals surface area contributed by atoms with Gasteiger partial charge in [-0.25, -0.2) is 14.0 Å². The highest BCUT2D eigenvalue weighted by molar-refractivity contribution is 5.77. The van der Waals surface area contributed by atoms with Crippen LogP contribution in [0, 0.1) is 5.82 Å². The fourth-order valence-corrected chi connectivity index (χ4v) is 3.97. The van der Waals surface area contributed by atoms with Crippen LogP contribution in [0.4, 0.5) is 14.0 Å². The number of nitrogens with zero attached hydrogens (tertiary/aromatic N) is 3. The van der Waals surface area contributed by atoms with Crippen LogP contribution in [0.5, 0.6) is 0 Å². The van der Waals surface area contributed by atoms with Crippen molar-refractivity contribution in [2.75, 3.05) is 26.2 Å². The van der Waals surface area contributed by atoms with Crippen molar-refractivity contribution in [2.45, 2.75) is 32.0 Å². The summed E-state index contributed by atoms with van der Waals surface area (Å²) in [6.45, 7) is 3.46. The number of amides is 4. The molecule has 0 unspecified atom stereocenters. The largest absolute Gasteiger partial charge is 0.467 e. The number of benzene rings is 1. The molecule has 1 N–H and O–H groups in total. The quantitative estimate of drug-likeness (QED) is 0.839. The molecule has 154 valence electrons. The fourth-order valence-electron chi connectivity index (χ4n) is 3.97. The molecule has 2 saturated heterocycles. The molecule has 1 aromatic carbocycles. The lowest BCUT2D eigenvalue weighted by Gasteiger charge is -2.36. The zero-order valence-corrected chi connectivity index (χ0v) is 16.2. The van der Waals surface area contributed by atoms with Crippen LogP contribution in [0.2, 0.25) is 0 Å². The molecule has 2 aliphatic heterocycles. The molecule has 0 radical (unpaired) electrons. The Balaban J connectivity index is 1.24. The highest BCUT2D eigenvalue weighted by Gasteiger charge is 2.35. The molecule has 4 amide bonds. The van der Waals surface area contributed by atoms with E-state index in [1.807, 2.05) is 11.0 Å². The van der Waals surface area contributed by atoms with Gasteiger partial charge in [0.1, 0.15) is 11.6 Å². The fraction of sp³-hybridized carbons (Fsp3) is 0.429. The summed E-state index contributed by atoms with van der Waals surface area (Å²) in [5, 5.41) is 2.86. The molecular formula is C21H25FN4O3. The second-order valence-corrected chi connectivity index (χ2v) is 7.48. The number of piperidine rings is 1. The first kappa shape index (κ1) is 19.3. The van der Waals surface area contributed by atoms with Crippen molar-refractivity contribution in [1.82, 2.24) is 20.0 Å². The average molecular weight is 400 g/mol. The number of hydrogen-bond donors (Lipinski definition) is 1. The second kappa shape index (κ2) is 8.55. The standard InChI is InChI=1S/C21H25FN4O3/c22-17-5-3-16(4-6-17)15-25-11-12-26(21(25)28)18-7-9-24(10-8-18)20(27)23-14-19-2-1-13-29-19/h1-6,13,18H,7-12,14-15H2,(H,23,27). The minimum absolute atomic E-state index is 0.0232. The van der Waals surface area contributed by atoms with Gasteiger partial charge in [-0.15, -0.1) is 0 Å². The monoisotopic (exact) mass is 400 g/mol. The highest BCUT2D eigenvalue weighted by Crippen LogP contribution is 2.23. The maximum atomic E-state index is 13.1. The number of halogens is 1. The molecule has 0 bridgehead atoms. The van der Waals surface area contributed by atoms with Crippen molar-refractivity contribution >= 4 is 12.1 Å². The third kappa shape index (κ3) is 4.52. The Morgan fingerprint density at radius 1 is 1.10 bits per heavy atom. The molecule has 0 saturated carbocycles. The van der Waals surface area contributed by atoms with Crippen LogP contribution in [0.15, 0.2) is 47.1 Å². The van der Waals surface area contributed by atoms with Crippen LogP contribution >= 0.6 is 0 Å². The van der Waals surface area contributed by atoms with Gasteiger partial charge in [-0.3, -0.25) is 0 Å². The van der Waals surface area contributed by atoms with Gasteiger partial charge in [-0.05, 0) is 42.7 Å².